The van der Waals surface area contributed by atoms with Crippen molar-refractivity contribution in [1.82, 2.24) is 5.32 Å². The van der Waals surface area contributed by atoms with E-state index in [0.29, 0.717) is 12.6 Å². The first-order valence-electron chi connectivity index (χ1n) is 14.0. The molecule has 3 aromatic carbocycles. The van der Waals surface area contributed by atoms with Gasteiger partial charge in [-0.25, -0.2) is 0 Å². The summed E-state index contributed by atoms with van der Waals surface area (Å²) < 4.78 is 11.7. The second-order valence-electron chi connectivity index (χ2n) is 10.5. The van der Waals surface area contributed by atoms with E-state index in [-0.39, 0.29) is 24.5 Å². The molecule has 2 fully saturated rings. The lowest BCUT2D eigenvalue weighted by Gasteiger charge is -2.26. The van der Waals surface area contributed by atoms with E-state index in [1.807, 2.05) is 6.92 Å². The van der Waals surface area contributed by atoms with Crippen LogP contribution in [-0.2, 0) is 16.0 Å². The van der Waals surface area contributed by atoms with E-state index in [0.717, 1.165) is 49.4 Å². The van der Waals surface area contributed by atoms with E-state index in [4.69, 9.17) is 9.47 Å². The van der Waals surface area contributed by atoms with Crippen molar-refractivity contribution in [2.24, 2.45) is 0 Å². The Morgan fingerprint density at radius 2 is 1.84 bits per heavy atom. The molecule has 1 aliphatic carbocycles. The van der Waals surface area contributed by atoms with Crippen molar-refractivity contribution in [2.45, 2.75) is 77.0 Å². The number of esters is 1. The number of benzene rings is 3. The first-order valence-corrected chi connectivity index (χ1v) is 14.0. The Labute approximate surface area is 221 Å². The molecule has 5 nitrogen and oxygen atoms in total. The highest BCUT2D eigenvalue weighted by Crippen LogP contribution is 2.32. The summed E-state index contributed by atoms with van der Waals surface area (Å²) in [5, 5.41) is 6.48. The molecule has 2 aliphatic rings. The summed E-state index contributed by atoms with van der Waals surface area (Å²) >= 11 is 0. The molecule has 0 unspecified atom stereocenters. The lowest BCUT2D eigenvalue weighted by Crippen LogP contribution is -2.34. The number of ether oxygens (including phenoxy) is 2. The van der Waals surface area contributed by atoms with E-state index >= 15 is 0 Å². The highest BCUT2D eigenvalue weighted by Gasteiger charge is 2.26. The molecule has 5 rings (SSSR count). The molecule has 1 N–H and O–H groups in total. The predicted molar refractivity (Wildman–Crippen MR) is 150 cm³/mol. The topological polar surface area (TPSA) is 50.8 Å². The van der Waals surface area contributed by atoms with Crippen LogP contribution in [0.5, 0.6) is 5.75 Å². The van der Waals surface area contributed by atoms with Gasteiger partial charge in [-0.1, -0.05) is 48.9 Å². The maximum Gasteiger partial charge on any atom is 0.310 e. The van der Waals surface area contributed by atoms with Crippen molar-refractivity contribution in [1.29, 1.82) is 0 Å². The lowest BCUT2D eigenvalue weighted by atomic mass is 9.97. The fraction of sp³-hybridized carbons (Fsp3) is 0.469. The van der Waals surface area contributed by atoms with E-state index in [9.17, 15) is 4.79 Å². The minimum absolute atomic E-state index is 0.196. The van der Waals surface area contributed by atoms with Gasteiger partial charge >= 0.3 is 5.97 Å². The SMILES string of the molecule is CCOC(=O)Cc1cc(N2CC[C@H](N[C@H](C)c3cccc4ccccc34)C2)ccc1OC1CCCCC1. The third-order valence-corrected chi connectivity index (χ3v) is 7.86. The smallest absolute Gasteiger partial charge is 0.310 e. The summed E-state index contributed by atoms with van der Waals surface area (Å²) in [6.07, 6.45) is 7.49. The minimum atomic E-state index is -0.196. The average Bonchev–Trinajstić information content (AvgIpc) is 3.38. The Hall–Kier alpha value is -3.05. The molecule has 1 saturated carbocycles. The van der Waals surface area contributed by atoms with Crippen LogP contribution in [0.25, 0.3) is 10.8 Å². The standard InChI is InChI=1S/C32H40N2O3/c1-3-36-32(35)21-25-20-27(16-17-31(25)37-28-12-5-4-6-13-28)34-19-18-26(22-34)33-23(2)29-15-9-11-24-10-7-8-14-30(24)29/h7-11,14-17,20,23,26,28,33H,3-6,12-13,18-19,21-22H2,1-2H3/t23-,26+/m1/s1. The zero-order valence-corrected chi connectivity index (χ0v) is 22.2. The number of anilines is 1. The summed E-state index contributed by atoms with van der Waals surface area (Å²) in [5.74, 6) is 0.639. The van der Waals surface area contributed by atoms with E-state index in [1.54, 1.807) is 0 Å². The van der Waals surface area contributed by atoms with Gasteiger partial charge in [0.15, 0.2) is 0 Å². The number of fused-ring (bicyclic) bond motifs is 1. The lowest BCUT2D eigenvalue weighted by molar-refractivity contribution is -0.142. The van der Waals surface area contributed by atoms with Gasteiger partial charge in [0.2, 0.25) is 0 Å². The molecule has 0 bridgehead atoms. The number of carbonyl (C=O) groups excluding carboxylic acids is 1. The predicted octanol–water partition coefficient (Wildman–Crippen LogP) is 6.59. The fourth-order valence-electron chi connectivity index (χ4n) is 5.95. The van der Waals surface area contributed by atoms with Gasteiger partial charge in [0.05, 0.1) is 19.1 Å². The Morgan fingerprint density at radius 3 is 2.68 bits per heavy atom. The molecule has 196 valence electrons. The molecule has 1 saturated heterocycles. The van der Waals surface area contributed by atoms with Crippen LogP contribution in [-0.4, -0.2) is 37.8 Å². The van der Waals surface area contributed by atoms with Gasteiger partial charge in [0, 0.05) is 36.4 Å². The quantitative estimate of drug-likeness (QED) is 0.336. The van der Waals surface area contributed by atoms with E-state index in [1.165, 1.54) is 35.6 Å². The summed E-state index contributed by atoms with van der Waals surface area (Å²) in [7, 11) is 0. The van der Waals surface area contributed by atoms with Crippen molar-refractivity contribution < 1.29 is 14.3 Å². The summed E-state index contributed by atoms with van der Waals surface area (Å²) in [6, 6.07) is 22.2. The molecular weight excluding hydrogens is 460 g/mol. The van der Waals surface area contributed by atoms with E-state index in [2.05, 4.69) is 77.8 Å². The number of rotatable bonds is 9. The second kappa shape index (κ2) is 12.0. The highest BCUT2D eigenvalue weighted by atomic mass is 16.5. The number of nitrogens with one attached hydrogen (secondary N) is 1. The summed E-state index contributed by atoms with van der Waals surface area (Å²) in [6.45, 7) is 6.44. The molecule has 37 heavy (non-hydrogen) atoms. The van der Waals surface area contributed by atoms with Gasteiger partial charge in [0.25, 0.3) is 0 Å². The molecule has 0 spiro atoms. The van der Waals surface area contributed by atoms with Crippen LogP contribution in [0.15, 0.2) is 60.7 Å². The van der Waals surface area contributed by atoms with Gasteiger partial charge in [0.1, 0.15) is 5.75 Å². The molecular formula is C32H40N2O3. The van der Waals surface area contributed by atoms with Crippen LogP contribution in [0.4, 0.5) is 5.69 Å². The van der Waals surface area contributed by atoms with Crippen LogP contribution in [0.3, 0.4) is 0 Å². The molecule has 0 amide bonds. The Kier molecular flexibility index (Phi) is 8.30. The van der Waals surface area contributed by atoms with Crippen LogP contribution in [0.1, 0.15) is 69.5 Å². The van der Waals surface area contributed by atoms with Gasteiger partial charge < -0.3 is 19.7 Å². The number of nitrogens with zero attached hydrogens (tertiary/aromatic N) is 1. The number of hydrogen-bond donors (Lipinski definition) is 1. The van der Waals surface area contributed by atoms with E-state index < -0.39 is 0 Å². The number of hydrogen-bond acceptors (Lipinski definition) is 5. The first kappa shape index (κ1) is 25.6. The summed E-state index contributed by atoms with van der Waals surface area (Å²) in [5.41, 5.74) is 3.43. The van der Waals surface area contributed by atoms with Crippen LogP contribution in [0.2, 0.25) is 0 Å². The molecule has 0 aromatic heterocycles. The number of carbonyl (C=O) groups is 1. The van der Waals surface area contributed by atoms with Crippen LogP contribution >= 0.6 is 0 Å². The zero-order valence-electron chi connectivity index (χ0n) is 22.2. The van der Waals surface area contributed by atoms with Crippen LogP contribution in [0, 0.1) is 0 Å². The molecule has 2 atom stereocenters. The maximum atomic E-state index is 12.4. The minimum Gasteiger partial charge on any atom is -0.490 e. The highest BCUT2D eigenvalue weighted by molar-refractivity contribution is 5.86. The molecule has 0 radical (unpaired) electrons. The fourth-order valence-corrected chi connectivity index (χ4v) is 5.95. The van der Waals surface area contributed by atoms with Gasteiger partial charge in [-0.3, -0.25) is 4.79 Å². The Bertz CT molecular complexity index is 1200. The average molecular weight is 501 g/mol. The molecule has 5 heteroatoms. The normalized spacial score (nSPS) is 19.2. The van der Waals surface area contributed by atoms with Crippen molar-refractivity contribution in [2.75, 3.05) is 24.6 Å². The van der Waals surface area contributed by atoms with Gasteiger partial charge in [-0.15, -0.1) is 0 Å². The van der Waals surface area contributed by atoms with Crippen molar-refractivity contribution >= 4 is 22.4 Å². The Balaban J connectivity index is 1.28. The summed E-state index contributed by atoms with van der Waals surface area (Å²) in [4.78, 5) is 14.8. The third kappa shape index (κ3) is 6.27. The molecule has 1 heterocycles. The van der Waals surface area contributed by atoms with Crippen molar-refractivity contribution in [3.05, 3.63) is 71.8 Å². The largest absolute Gasteiger partial charge is 0.490 e. The maximum absolute atomic E-state index is 12.4. The van der Waals surface area contributed by atoms with Crippen LogP contribution < -0.4 is 15.0 Å². The molecule has 3 aromatic rings. The second-order valence-corrected chi connectivity index (χ2v) is 10.5. The van der Waals surface area contributed by atoms with Gasteiger partial charge in [-0.05, 0) is 80.5 Å². The third-order valence-electron chi connectivity index (χ3n) is 7.86. The first-order chi connectivity index (χ1) is 18.1. The Morgan fingerprint density at radius 1 is 1.03 bits per heavy atom. The van der Waals surface area contributed by atoms with Crippen molar-refractivity contribution in [3.63, 3.8) is 0 Å². The van der Waals surface area contributed by atoms with Gasteiger partial charge in [-0.2, -0.15) is 0 Å². The molecule has 1 aliphatic heterocycles. The zero-order chi connectivity index (χ0) is 25.6. The van der Waals surface area contributed by atoms with Crippen molar-refractivity contribution in [3.8, 4) is 5.75 Å². The monoisotopic (exact) mass is 500 g/mol.